The fraction of sp³-hybridized carbons (Fsp3) is 0.588. The van der Waals surface area contributed by atoms with E-state index in [1.165, 1.54) is 4.88 Å². The first kappa shape index (κ1) is 15.8. The van der Waals surface area contributed by atoms with Gasteiger partial charge in [-0.3, -0.25) is 4.79 Å². The molecule has 4 rings (SSSR count). The van der Waals surface area contributed by atoms with Gasteiger partial charge in [0, 0.05) is 18.0 Å². The third kappa shape index (κ3) is 2.86. The van der Waals surface area contributed by atoms with Crippen molar-refractivity contribution in [1.82, 2.24) is 15.0 Å². The summed E-state index contributed by atoms with van der Waals surface area (Å²) in [5.41, 5.74) is -0.144. The number of hydrogen-bond acceptors (Lipinski definition) is 6. The number of aromatic nitrogens is 2. The molecular formula is C17H21N3O3S. The molecule has 6 nitrogen and oxygen atoms in total. The van der Waals surface area contributed by atoms with Crippen molar-refractivity contribution in [3.63, 3.8) is 0 Å². The van der Waals surface area contributed by atoms with E-state index >= 15 is 0 Å². The smallest absolute Gasteiger partial charge is 0.263 e. The van der Waals surface area contributed by atoms with E-state index in [4.69, 9.17) is 9.26 Å². The number of thiophene rings is 1. The number of hydrogen-bond donors (Lipinski definition) is 0. The summed E-state index contributed by atoms with van der Waals surface area (Å²) in [6.45, 7) is 5.32. The molecule has 1 unspecified atom stereocenters. The third-order valence-electron chi connectivity index (χ3n) is 4.99. The molecular weight excluding hydrogens is 326 g/mol. The molecule has 0 aliphatic carbocycles. The zero-order valence-corrected chi connectivity index (χ0v) is 14.8. The van der Waals surface area contributed by atoms with Crippen molar-refractivity contribution in [2.24, 2.45) is 0 Å². The molecule has 7 heteroatoms. The van der Waals surface area contributed by atoms with E-state index in [0.29, 0.717) is 11.7 Å². The van der Waals surface area contributed by atoms with E-state index < -0.39 is 0 Å². The zero-order chi connectivity index (χ0) is 16.7. The van der Waals surface area contributed by atoms with Gasteiger partial charge in [0.1, 0.15) is 6.10 Å². The van der Waals surface area contributed by atoms with Gasteiger partial charge >= 0.3 is 0 Å². The molecule has 1 atom stereocenters. The summed E-state index contributed by atoms with van der Waals surface area (Å²) in [6.07, 6.45) is 3.52. The Morgan fingerprint density at radius 2 is 2.08 bits per heavy atom. The molecule has 0 bridgehead atoms. The summed E-state index contributed by atoms with van der Waals surface area (Å²) in [4.78, 5) is 20.8. The minimum atomic E-state index is -0.144. The molecule has 1 spiro atoms. The van der Waals surface area contributed by atoms with Gasteiger partial charge in [-0.15, -0.1) is 11.3 Å². The number of nitrogens with zero attached hydrogens (tertiary/aromatic N) is 3. The van der Waals surface area contributed by atoms with Crippen LogP contribution in [0.1, 0.15) is 58.1 Å². The SMILES string of the molecule is Cc1noc(C2CCC3(CCN(C(=O)c4ccc(C)s4)CC3)O2)n1. The van der Waals surface area contributed by atoms with E-state index in [-0.39, 0.29) is 17.6 Å². The van der Waals surface area contributed by atoms with Crippen LogP contribution in [0.15, 0.2) is 16.7 Å². The van der Waals surface area contributed by atoms with Crippen molar-refractivity contribution in [2.45, 2.75) is 51.2 Å². The average molecular weight is 347 g/mol. The van der Waals surface area contributed by atoms with Gasteiger partial charge in [0.25, 0.3) is 11.8 Å². The fourth-order valence-corrected chi connectivity index (χ4v) is 4.46. The molecule has 0 N–H and O–H groups in total. The Morgan fingerprint density at radius 1 is 1.29 bits per heavy atom. The number of piperidine rings is 1. The minimum absolute atomic E-state index is 0.103. The molecule has 2 aromatic rings. The largest absolute Gasteiger partial charge is 0.362 e. The number of aryl methyl sites for hydroxylation is 2. The highest BCUT2D eigenvalue weighted by molar-refractivity contribution is 7.13. The molecule has 2 aromatic heterocycles. The molecule has 0 saturated carbocycles. The van der Waals surface area contributed by atoms with E-state index in [1.54, 1.807) is 11.3 Å². The molecule has 24 heavy (non-hydrogen) atoms. The van der Waals surface area contributed by atoms with E-state index in [9.17, 15) is 4.79 Å². The molecule has 2 aliphatic rings. The van der Waals surface area contributed by atoms with Gasteiger partial charge < -0.3 is 14.2 Å². The van der Waals surface area contributed by atoms with Crippen LogP contribution in [-0.2, 0) is 4.74 Å². The minimum Gasteiger partial charge on any atom is -0.362 e. The van der Waals surface area contributed by atoms with E-state index in [2.05, 4.69) is 10.1 Å². The Bertz CT molecular complexity index is 746. The van der Waals surface area contributed by atoms with Crippen molar-refractivity contribution in [3.8, 4) is 0 Å². The second kappa shape index (κ2) is 5.97. The maximum atomic E-state index is 12.6. The second-order valence-electron chi connectivity index (χ2n) is 6.71. The van der Waals surface area contributed by atoms with Gasteiger partial charge in [-0.1, -0.05) is 5.16 Å². The van der Waals surface area contributed by atoms with Gasteiger partial charge in [0.05, 0.1) is 10.5 Å². The first-order valence-electron chi connectivity index (χ1n) is 8.38. The number of amides is 1. The number of likely N-dealkylation sites (tertiary alicyclic amines) is 1. The highest BCUT2D eigenvalue weighted by Gasteiger charge is 2.45. The van der Waals surface area contributed by atoms with Crippen LogP contribution in [0.4, 0.5) is 0 Å². The van der Waals surface area contributed by atoms with Gasteiger partial charge in [-0.25, -0.2) is 0 Å². The van der Waals surface area contributed by atoms with Crippen molar-refractivity contribution in [3.05, 3.63) is 33.6 Å². The van der Waals surface area contributed by atoms with E-state index in [0.717, 1.165) is 43.6 Å². The van der Waals surface area contributed by atoms with Crippen molar-refractivity contribution < 1.29 is 14.1 Å². The summed E-state index contributed by atoms with van der Waals surface area (Å²) >= 11 is 1.56. The standard InChI is InChI=1S/C17H21N3O3S/c1-11-3-4-14(24-11)16(21)20-9-7-17(8-10-20)6-5-13(22-17)15-18-12(2)19-23-15/h3-4,13H,5-10H2,1-2H3. The predicted octanol–water partition coefficient (Wildman–Crippen LogP) is 3.27. The summed E-state index contributed by atoms with van der Waals surface area (Å²) in [5.74, 6) is 1.36. The lowest BCUT2D eigenvalue weighted by atomic mass is 9.88. The summed E-state index contributed by atoms with van der Waals surface area (Å²) in [7, 11) is 0. The first-order chi connectivity index (χ1) is 11.5. The highest BCUT2D eigenvalue weighted by atomic mass is 32.1. The van der Waals surface area contributed by atoms with Gasteiger partial charge in [-0.05, 0) is 51.7 Å². The molecule has 2 aliphatic heterocycles. The third-order valence-corrected chi connectivity index (χ3v) is 5.97. The monoisotopic (exact) mass is 347 g/mol. The normalized spacial score (nSPS) is 23.1. The van der Waals surface area contributed by atoms with Gasteiger partial charge in [0.15, 0.2) is 5.82 Å². The lowest BCUT2D eigenvalue weighted by Gasteiger charge is -2.38. The fourth-order valence-electron chi connectivity index (χ4n) is 3.62. The predicted molar refractivity (Wildman–Crippen MR) is 89.0 cm³/mol. The number of ether oxygens (including phenoxy) is 1. The molecule has 0 radical (unpaired) electrons. The Kier molecular flexibility index (Phi) is 3.92. The van der Waals surface area contributed by atoms with Crippen LogP contribution < -0.4 is 0 Å². The van der Waals surface area contributed by atoms with Crippen molar-refractivity contribution >= 4 is 17.2 Å². The Labute approximate surface area is 144 Å². The van der Waals surface area contributed by atoms with Crippen LogP contribution in [0.5, 0.6) is 0 Å². The van der Waals surface area contributed by atoms with Gasteiger partial charge in [-0.2, -0.15) is 4.98 Å². The summed E-state index contributed by atoms with van der Waals surface area (Å²) < 4.78 is 11.5. The van der Waals surface area contributed by atoms with Crippen LogP contribution in [-0.4, -0.2) is 39.6 Å². The molecule has 0 aromatic carbocycles. The van der Waals surface area contributed by atoms with E-state index in [1.807, 2.05) is 30.9 Å². The lowest BCUT2D eigenvalue weighted by Crippen LogP contribution is -2.46. The van der Waals surface area contributed by atoms with Crippen LogP contribution in [0, 0.1) is 13.8 Å². The summed E-state index contributed by atoms with van der Waals surface area (Å²) in [5, 5.41) is 3.85. The second-order valence-corrected chi connectivity index (χ2v) is 8.00. The molecule has 2 fully saturated rings. The maximum Gasteiger partial charge on any atom is 0.263 e. The quantitative estimate of drug-likeness (QED) is 0.834. The number of rotatable bonds is 2. The van der Waals surface area contributed by atoms with Crippen LogP contribution in [0.3, 0.4) is 0 Å². The number of carbonyl (C=O) groups excluding carboxylic acids is 1. The molecule has 2 saturated heterocycles. The number of carbonyl (C=O) groups is 1. The Hall–Kier alpha value is -1.73. The van der Waals surface area contributed by atoms with Crippen LogP contribution in [0.25, 0.3) is 0 Å². The van der Waals surface area contributed by atoms with Crippen LogP contribution in [0.2, 0.25) is 0 Å². The van der Waals surface area contributed by atoms with Crippen molar-refractivity contribution in [2.75, 3.05) is 13.1 Å². The molecule has 1 amide bonds. The summed E-state index contributed by atoms with van der Waals surface area (Å²) in [6, 6.07) is 3.92. The molecule has 4 heterocycles. The average Bonchev–Trinajstić information content (AvgIpc) is 3.28. The molecule has 128 valence electrons. The van der Waals surface area contributed by atoms with Crippen LogP contribution >= 0.6 is 11.3 Å². The zero-order valence-electron chi connectivity index (χ0n) is 13.9. The van der Waals surface area contributed by atoms with Gasteiger partial charge in [0.2, 0.25) is 0 Å². The Balaban J connectivity index is 1.38. The lowest BCUT2D eigenvalue weighted by molar-refractivity contribution is -0.0820. The Morgan fingerprint density at radius 3 is 2.71 bits per heavy atom. The first-order valence-corrected chi connectivity index (χ1v) is 9.20. The van der Waals surface area contributed by atoms with Crippen molar-refractivity contribution in [1.29, 1.82) is 0 Å². The maximum absolute atomic E-state index is 12.6. The highest BCUT2D eigenvalue weighted by Crippen LogP contribution is 2.44. The topological polar surface area (TPSA) is 68.5 Å².